The molecular formula is C52H60N4O6. The number of aromatic nitrogens is 4. The molecular weight excluding hydrogens is 777 g/mol. The van der Waals surface area contributed by atoms with Crippen molar-refractivity contribution in [2.75, 3.05) is 26.4 Å². The van der Waals surface area contributed by atoms with Gasteiger partial charge in [-0.25, -0.2) is 9.97 Å². The molecule has 2 N–H and O–H groups in total. The van der Waals surface area contributed by atoms with E-state index in [1.54, 1.807) is 0 Å². The first-order chi connectivity index (χ1) is 30.5. The molecule has 62 heavy (non-hydrogen) atoms. The number of fused-ring (bicyclic) bond motifs is 2. The largest absolute Gasteiger partial charge is 0.486 e. The minimum absolute atomic E-state index is 0.212. The number of imidazole rings is 2. The number of aliphatic hydroxyl groups is 2. The van der Waals surface area contributed by atoms with Gasteiger partial charge in [0.05, 0.1) is 74.7 Å². The summed E-state index contributed by atoms with van der Waals surface area (Å²) in [6.45, 7) is 2.79. The molecule has 6 aromatic rings. The van der Waals surface area contributed by atoms with Crippen molar-refractivity contribution in [2.45, 2.75) is 125 Å². The predicted octanol–water partition coefficient (Wildman–Crippen LogP) is 9.99. The van der Waals surface area contributed by atoms with Crippen molar-refractivity contribution in [3.8, 4) is 11.5 Å². The summed E-state index contributed by atoms with van der Waals surface area (Å²) in [5.74, 6) is 4.87. The molecule has 10 nitrogen and oxygen atoms in total. The second kappa shape index (κ2) is 17.4. The Balaban J connectivity index is 0.000000139. The summed E-state index contributed by atoms with van der Waals surface area (Å²) in [5, 5.41) is 22.9. The van der Waals surface area contributed by atoms with Crippen LogP contribution in [0.1, 0.15) is 146 Å². The Hall–Kier alpha value is -4.74. The highest BCUT2D eigenvalue weighted by Gasteiger charge is 2.36. The monoisotopic (exact) mass is 836 g/mol. The summed E-state index contributed by atoms with van der Waals surface area (Å²) in [4.78, 5) is 8.66. The van der Waals surface area contributed by atoms with Crippen LogP contribution in [0, 0.1) is 11.8 Å². The Morgan fingerprint density at radius 2 is 0.855 bits per heavy atom. The van der Waals surface area contributed by atoms with Crippen molar-refractivity contribution in [3.63, 3.8) is 0 Å². The molecule has 4 saturated carbocycles. The fourth-order valence-corrected chi connectivity index (χ4v) is 10.8. The summed E-state index contributed by atoms with van der Waals surface area (Å²) in [7, 11) is 0. The SMILES string of the molecule is O[C@@H](c1c(C2CC2)ccn2cncc12)C1CCC(c2ccc(OC3COC3)cc2)CC1.O[C@H](c1c(C2CC2)ccn2cncc12)C1CCC(c2ccc(OC3COC3)cc2)CC1. The van der Waals surface area contributed by atoms with Crippen LogP contribution in [0.25, 0.3) is 11.0 Å². The Bertz CT molecular complexity index is 2260. The van der Waals surface area contributed by atoms with Crippen molar-refractivity contribution < 1.29 is 29.2 Å². The third-order valence-electron chi connectivity index (χ3n) is 14.9. The Morgan fingerprint density at radius 3 is 1.19 bits per heavy atom. The lowest BCUT2D eigenvalue weighted by Gasteiger charge is -2.33. The van der Waals surface area contributed by atoms with E-state index >= 15 is 0 Å². The van der Waals surface area contributed by atoms with Gasteiger partial charge in [-0.2, -0.15) is 0 Å². The molecule has 0 spiro atoms. The van der Waals surface area contributed by atoms with Crippen LogP contribution in [-0.2, 0) is 9.47 Å². The van der Waals surface area contributed by atoms with Gasteiger partial charge < -0.3 is 38.0 Å². The van der Waals surface area contributed by atoms with Gasteiger partial charge in [-0.05, 0) is 171 Å². The van der Waals surface area contributed by atoms with Crippen LogP contribution in [0.15, 0.2) is 98.1 Å². The topological polar surface area (TPSA) is 112 Å². The summed E-state index contributed by atoms with van der Waals surface area (Å²) in [6, 6.07) is 21.7. The average Bonchev–Trinajstić information content (AvgIpc) is 4.22. The van der Waals surface area contributed by atoms with Crippen LogP contribution >= 0.6 is 0 Å². The molecule has 2 atom stereocenters. The van der Waals surface area contributed by atoms with E-state index in [4.69, 9.17) is 18.9 Å². The second-order valence-electron chi connectivity index (χ2n) is 19.1. The van der Waals surface area contributed by atoms with E-state index in [0.717, 1.165) is 85.0 Å². The first-order valence-electron chi connectivity index (χ1n) is 23.5. The number of aliphatic hydroxyl groups excluding tert-OH is 2. The first-order valence-corrected chi connectivity index (χ1v) is 23.5. The smallest absolute Gasteiger partial charge is 0.145 e. The number of hydrogen-bond acceptors (Lipinski definition) is 8. The van der Waals surface area contributed by atoms with Gasteiger partial charge in [-0.1, -0.05) is 24.3 Å². The van der Waals surface area contributed by atoms with Gasteiger partial charge in [0, 0.05) is 23.5 Å². The summed E-state index contributed by atoms with van der Waals surface area (Å²) in [5.41, 5.74) is 9.88. The van der Waals surface area contributed by atoms with Gasteiger partial charge >= 0.3 is 0 Å². The number of nitrogens with zero attached hydrogens (tertiary/aromatic N) is 4. The molecule has 6 heterocycles. The lowest BCUT2D eigenvalue weighted by atomic mass is 9.75. The van der Waals surface area contributed by atoms with Gasteiger partial charge in [0.25, 0.3) is 0 Å². The van der Waals surface area contributed by atoms with Gasteiger partial charge in [0.1, 0.15) is 23.7 Å². The molecule has 6 fully saturated rings. The minimum atomic E-state index is -0.405. The molecule has 0 bridgehead atoms. The van der Waals surface area contributed by atoms with E-state index < -0.39 is 12.2 Å². The maximum atomic E-state index is 11.5. The lowest BCUT2D eigenvalue weighted by Crippen LogP contribution is -2.38. The summed E-state index contributed by atoms with van der Waals surface area (Å²) in [6.07, 6.45) is 25.0. The average molecular weight is 837 g/mol. The molecule has 6 aliphatic rings. The number of hydrogen-bond donors (Lipinski definition) is 2. The van der Waals surface area contributed by atoms with E-state index in [9.17, 15) is 10.2 Å². The van der Waals surface area contributed by atoms with Crippen molar-refractivity contribution >= 4 is 11.0 Å². The molecule has 2 aromatic carbocycles. The maximum Gasteiger partial charge on any atom is 0.145 e. The van der Waals surface area contributed by atoms with Crippen molar-refractivity contribution in [1.82, 2.24) is 18.8 Å². The van der Waals surface area contributed by atoms with Gasteiger partial charge in [0.2, 0.25) is 0 Å². The van der Waals surface area contributed by atoms with Crippen LogP contribution in [0.2, 0.25) is 0 Å². The van der Waals surface area contributed by atoms with Gasteiger partial charge in [-0.3, -0.25) is 0 Å². The Morgan fingerprint density at radius 1 is 0.484 bits per heavy atom. The molecule has 4 aromatic heterocycles. The van der Waals surface area contributed by atoms with Crippen molar-refractivity contribution in [3.05, 3.63) is 131 Å². The molecule has 0 amide bonds. The van der Waals surface area contributed by atoms with Crippen LogP contribution in [0.5, 0.6) is 11.5 Å². The highest BCUT2D eigenvalue weighted by Crippen LogP contribution is 2.50. The summed E-state index contributed by atoms with van der Waals surface area (Å²) >= 11 is 0. The summed E-state index contributed by atoms with van der Waals surface area (Å²) < 4.78 is 26.2. The number of ether oxygens (including phenoxy) is 4. The fraction of sp³-hybridized carbons (Fsp3) is 0.500. The van der Waals surface area contributed by atoms with E-state index in [0.29, 0.717) is 61.9 Å². The highest BCUT2D eigenvalue weighted by molar-refractivity contribution is 5.60. The highest BCUT2D eigenvalue weighted by atomic mass is 16.6. The molecule has 324 valence electrons. The minimum Gasteiger partial charge on any atom is -0.486 e. The number of rotatable bonds is 12. The van der Waals surface area contributed by atoms with Crippen molar-refractivity contribution in [1.29, 1.82) is 0 Å². The molecule has 10 heteroatoms. The molecule has 0 radical (unpaired) electrons. The predicted molar refractivity (Wildman–Crippen MR) is 237 cm³/mol. The van der Waals surface area contributed by atoms with Crippen LogP contribution in [0.4, 0.5) is 0 Å². The molecule has 2 aliphatic heterocycles. The molecule has 12 rings (SSSR count). The zero-order valence-electron chi connectivity index (χ0n) is 35.6. The fourth-order valence-electron chi connectivity index (χ4n) is 10.8. The van der Waals surface area contributed by atoms with E-state index in [2.05, 4.69) is 91.8 Å². The van der Waals surface area contributed by atoms with Crippen LogP contribution in [0.3, 0.4) is 0 Å². The van der Waals surface area contributed by atoms with Gasteiger partial charge in [0.15, 0.2) is 0 Å². The van der Waals surface area contributed by atoms with Crippen LogP contribution in [-0.4, -0.2) is 67.6 Å². The van der Waals surface area contributed by atoms with Crippen LogP contribution < -0.4 is 9.47 Å². The second-order valence-corrected chi connectivity index (χ2v) is 19.1. The van der Waals surface area contributed by atoms with E-state index in [1.165, 1.54) is 47.9 Å². The van der Waals surface area contributed by atoms with Crippen molar-refractivity contribution in [2.24, 2.45) is 11.8 Å². The number of pyridine rings is 2. The third-order valence-corrected chi connectivity index (χ3v) is 14.9. The quantitative estimate of drug-likeness (QED) is 0.125. The third kappa shape index (κ3) is 8.39. The standard InChI is InChI=1S/2C26H30N2O3/c2*29-26(25-23(19-3-4-19)11-12-28-16-27-13-24(25)28)20-5-1-17(2-6-20)18-7-9-21(10-8-18)31-22-14-30-15-22/h2*7-13,16-17,19-20,22,26,29H,1-6,14-15H2/t2*17?,20?,26-/m10/s1. The first kappa shape index (κ1) is 40.1. The normalized spacial score (nSPS) is 25.3. The molecule has 4 aliphatic carbocycles. The maximum absolute atomic E-state index is 11.5. The van der Waals surface area contributed by atoms with E-state index in [-0.39, 0.29) is 12.2 Å². The Labute approximate surface area is 364 Å². The lowest BCUT2D eigenvalue weighted by molar-refractivity contribution is -0.0796. The zero-order valence-corrected chi connectivity index (χ0v) is 35.6. The zero-order chi connectivity index (χ0) is 41.6. The van der Waals surface area contributed by atoms with Gasteiger partial charge in [-0.15, -0.1) is 0 Å². The Kier molecular flexibility index (Phi) is 11.3. The molecule has 0 unspecified atom stereocenters. The molecule has 2 saturated heterocycles. The van der Waals surface area contributed by atoms with E-state index in [1.807, 2.05) is 25.0 Å². The number of benzene rings is 2.